The summed E-state index contributed by atoms with van der Waals surface area (Å²) in [5.41, 5.74) is 0.224. The van der Waals surface area contributed by atoms with Gasteiger partial charge in [0.2, 0.25) is 5.91 Å². The maximum Gasteiger partial charge on any atom is 0.303 e. The summed E-state index contributed by atoms with van der Waals surface area (Å²) in [4.78, 5) is 24.7. The average Bonchev–Trinajstić information content (AvgIpc) is 2.49. The average molecular weight is 328 g/mol. The molecule has 1 saturated heterocycles. The van der Waals surface area contributed by atoms with Crippen LogP contribution in [-0.2, 0) is 16.0 Å². The van der Waals surface area contributed by atoms with Gasteiger partial charge in [0, 0.05) is 30.1 Å². The molecule has 1 heterocycles. The Morgan fingerprint density at radius 1 is 1.41 bits per heavy atom. The number of benzene rings is 1. The van der Waals surface area contributed by atoms with Crippen LogP contribution in [0.4, 0.5) is 4.39 Å². The van der Waals surface area contributed by atoms with Gasteiger partial charge in [0.05, 0.1) is 6.42 Å². The molecule has 1 aliphatic rings. The maximum atomic E-state index is 13.7. The third-order valence-electron chi connectivity index (χ3n) is 4.03. The molecule has 1 N–H and O–H groups in total. The summed E-state index contributed by atoms with van der Waals surface area (Å²) in [6, 6.07) is 4.37. The highest BCUT2D eigenvalue weighted by Gasteiger charge is 2.25. The predicted molar refractivity (Wildman–Crippen MR) is 81.3 cm³/mol. The lowest BCUT2D eigenvalue weighted by molar-refractivity contribution is -0.137. The van der Waals surface area contributed by atoms with Crippen molar-refractivity contribution in [2.45, 2.75) is 32.1 Å². The zero-order valence-electron chi connectivity index (χ0n) is 12.2. The van der Waals surface area contributed by atoms with E-state index in [4.69, 9.17) is 16.7 Å². The van der Waals surface area contributed by atoms with Crippen LogP contribution in [0.25, 0.3) is 0 Å². The molecule has 1 atom stereocenters. The van der Waals surface area contributed by atoms with E-state index >= 15 is 0 Å². The third-order valence-corrected chi connectivity index (χ3v) is 4.38. The van der Waals surface area contributed by atoms with E-state index in [0.29, 0.717) is 19.5 Å². The topological polar surface area (TPSA) is 57.6 Å². The lowest BCUT2D eigenvalue weighted by Crippen LogP contribution is -2.41. The molecule has 0 saturated carbocycles. The molecule has 4 nitrogen and oxygen atoms in total. The Morgan fingerprint density at radius 3 is 2.86 bits per heavy atom. The van der Waals surface area contributed by atoms with Crippen LogP contribution in [0.2, 0.25) is 5.02 Å². The van der Waals surface area contributed by atoms with Crippen molar-refractivity contribution in [2.75, 3.05) is 13.1 Å². The number of likely N-dealkylation sites (tertiary alicyclic amines) is 1. The van der Waals surface area contributed by atoms with Gasteiger partial charge in [0.15, 0.2) is 0 Å². The normalized spacial score (nSPS) is 18.3. The summed E-state index contributed by atoms with van der Waals surface area (Å²) in [5.74, 6) is -1.25. The number of hydrogen-bond acceptors (Lipinski definition) is 2. The Bertz CT molecular complexity index is 544. The van der Waals surface area contributed by atoms with Gasteiger partial charge in [0.1, 0.15) is 5.82 Å². The maximum absolute atomic E-state index is 13.7. The van der Waals surface area contributed by atoms with Gasteiger partial charge in [-0.3, -0.25) is 9.59 Å². The Morgan fingerprint density at radius 2 is 2.18 bits per heavy atom. The minimum absolute atomic E-state index is 0.0584. The Kier molecular flexibility index (Phi) is 5.77. The number of nitrogens with zero attached hydrogens (tertiary/aromatic N) is 1. The molecule has 0 bridgehead atoms. The highest BCUT2D eigenvalue weighted by atomic mass is 35.5. The van der Waals surface area contributed by atoms with Gasteiger partial charge < -0.3 is 10.0 Å². The molecule has 1 aromatic rings. The molecule has 2 rings (SSSR count). The van der Waals surface area contributed by atoms with E-state index in [-0.39, 0.29) is 35.3 Å². The van der Waals surface area contributed by atoms with E-state index < -0.39 is 11.8 Å². The Balaban J connectivity index is 1.96. The number of amides is 1. The summed E-state index contributed by atoms with van der Waals surface area (Å²) >= 11 is 5.95. The molecule has 120 valence electrons. The van der Waals surface area contributed by atoms with Crippen LogP contribution in [0.1, 0.15) is 31.2 Å². The van der Waals surface area contributed by atoms with Crippen molar-refractivity contribution in [2.24, 2.45) is 5.92 Å². The predicted octanol–water partition coefficient (Wildman–Crippen LogP) is 3.13. The Hall–Kier alpha value is -1.62. The van der Waals surface area contributed by atoms with Gasteiger partial charge in [-0.25, -0.2) is 4.39 Å². The summed E-state index contributed by atoms with van der Waals surface area (Å²) in [7, 11) is 0. The van der Waals surface area contributed by atoms with E-state index in [2.05, 4.69) is 0 Å². The smallest absolute Gasteiger partial charge is 0.303 e. The zero-order chi connectivity index (χ0) is 16.1. The van der Waals surface area contributed by atoms with Crippen LogP contribution >= 0.6 is 11.6 Å². The number of hydrogen-bond donors (Lipinski definition) is 1. The van der Waals surface area contributed by atoms with Crippen molar-refractivity contribution in [1.29, 1.82) is 0 Å². The van der Waals surface area contributed by atoms with Gasteiger partial charge in [-0.15, -0.1) is 0 Å². The highest BCUT2D eigenvalue weighted by Crippen LogP contribution is 2.24. The van der Waals surface area contributed by atoms with Gasteiger partial charge in [0.25, 0.3) is 0 Å². The van der Waals surface area contributed by atoms with Gasteiger partial charge in [-0.2, -0.15) is 0 Å². The molecular weight excluding hydrogens is 309 g/mol. The molecular formula is C16H19ClFNO3. The molecule has 1 aromatic carbocycles. The van der Waals surface area contributed by atoms with Crippen molar-refractivity contribution < 1.29 is 19.1 Å². The number of carbonyl (C=O) groups is 2. The van der Waals surface area contributed by atoms with Crippen molar-refractivity contribution in [3.63, 3.8) is 0 Å². The van der Waals surface area contributed by atoms with Crippen molar-refractivity contribution in [3.8, 4) is 0 Å². The summed E-state index contributed by atoms with van der Waals surface area (Å²) in [6.07, 6.45) is 2.40. The number of carboxylic acids is 1. The van der Waals surface area contributed by atoms with Crippen LogP contribution in [0.3, 0.4) is 0 Å². The molecule has 1 amide bonds. The first-order valence-electron chi connectivity index (χ1n) is 7.40. The van der Waals surface area contributed by atoms with Crippen LogP contribution < -0.4 is 0 Å². The second-order valence-corrected chi connectivity index (χ2v) is 6.06. The van der Waals surface area contributed by atoms with Crippen LogP contribution in [-0.4, -0.2) is 35.0 Å². The van der Waals surface area contributed by atoms with E-state index in [1.807, 2.05) is 0 Å². The fourth-order valence-corrected chi connectivity index (χ4v) is 3.05. The van der Waals surface area contributed by atoms with E-state index in [1.54, 1.807) is 11.0 Å². The van der Waals surface area contributed by atoms with Crippen molar-refractivity contribution >= 4 is 23.5 Å². The van der Waals surface area contributed by atoms with Gasteiger partial charge >= 0.3 is 5.97 Å². The molecule has 1 aliphatic heterocycles. The summed E-state index contributed by atoms with van der Waals surface area (Å²) in [6.45, 7) is 1.17. The lowest BCUT2D eigenvalue weighted by Gasteiger charge is -2.32. The molecule has 6 heteroatoms. The number of rotatable bonds is 5. The van der Waals surface area contributed by atoms with Crippen molar-refractivity contribution in [1.82, 2.24) is 4.90 Å². The Labute approximate surface area is 133 Å². The first kappa shape index (κ1) is 16.7. The molecule has 1 fully saturated rings. The SMILES string of the molecule is O=C(O)CC[C@H]1CCCN(C(=O)Cc2c(F)cccc2Cl)C1. The summed E-state index contributed by atoms with van der Waals surface area (Å²) < 4.78 is 13.7. The number of aliphatic carboxylic acids is 1. The highest BCUT2D eigenvalue weighted by molar-refractivity contribution is 6.31. The van der Waals surface area contributed by atoms with Crippen molar-refractivity contribution in [3.05, 3.63) is 34.6 Å². The second kappa shape index (κ2) is 7.58. The quantitative estimate of drug-likeness (QED) is 0.904. The molecule has 22 heavy (non-hydrogen) atoms. The van der Waals surface area contributed by atoms with E-state index in [0.717, 1.165) is 12.8 Å². The summed E-state index contributed by atoms with van der Waals surface area (Å²) in [5, 5.41) is 9.00. The zero-order valence-corrected chi connectivity index (χ0v) is 13.0. The number of carboxylic acid groups (broad SMARTS) is 1. The first-order chi connectivity index (χ1) is 10.5. The molecule has 0 unspecified atom stereocenters. The molecule has 0 aromatic heterocycles. The monoisotopic (exact) mass is 327 g/mol. The largest absolute Gasteiger partial charge is 0.481 e. The lowest BCUT2D eigenvalue weighted by atomic mass is 9.93. The second-order valence-electron chi connectivity index (χ2n) is 5.66. The van der Waals surface area contributed by atoms with Crippen LogP contribution in [0, 0.1) is 11.7 Å². The molecule has 0 spiro atoms. The van der Waals surface area contributed by atoms with E-state index in [1.165, 1.54) is 12.1 Å². The fourth-order valence-electron chi connectivity index (χ4n) is 2.82. The fraction of sp³-hybridized carbons (Fsp3) is 0.500. The number of piperidine rings is 1. The first-order valence-corrected chi connectivity index (χ1v) is 7.77. The third kappa shape index (κ3) is 4.44. The standard InChI is InChI=1S/C16H19ClFNO3/c17-13-4-1-5-14(18)12(13)9-15(20)19-8-2-3-11(10-19)6-7-16(21)22/h1,4-5,11H,2-3,6-10H2,(H,21,22)/t11-/m1/s1. The van der Waals surface area contributed by atoms with Gasteiger partial charge in [-0.1, -0.05) is 17.7 Å². The molecule has 0 aliphatic carbocycles. The van der Waals surface area contributed by atoms with Crippen LogP contribution in [0.15, 0.2) is 18.2 Å². The van der Waals surface area contributed by atoms with Crippen LogP contribution in [0.5, 0.6) is 0 Å². The number of halogens is 2. The van der Waals surface area contributed by atoms with E-state index in [9.17, 15) is 14.0 Å². The molecule has 0 radical (unpaired) electrons. The van der Waals surface area contributed by atoms with Gasteiger partial charge in [-0.05, 0) is 37.3 Å². The number of carbonyl (C=O) groups excluding carboxylic acids is 1. The minimum atomic E-state index is -0.818. The minimum Gasteiger partial charge on any atom is -0.481 e.